The maximum atomic E-state index is 4.51. The van der Waals surface area contributed by atoms with Gasteiger partial charge in [-0.25, -0.2) is 0 Å². The first kappa shape index (κ1) is 21.6. The Kier molecular flexibility index (Phi) is 5.76. The lowest BCUT2D eigenvalue weighted by molar-refractivity contribution is 0.690. The molecule has 0 saturated carbocycles. The molecule has 1 aliphatic rings. The molecular weight excluding hydrogens is 422 g/mol. The maximum Gasteiger partial charge on any atom is 0.0780 e. The smallest absolute Gasteiger partial charge is 0.0780 e. The van der Waals surface area contributed by atoms with Gasteiger partial charge >= 0.3 is 0 Å². The zero-order chi connectivity index (χ0) is 23.6. The Morgan fingerprint density at radius 3 is 2.06 bits per heavy atom. The fourth-order valence-electron chi connectivity index (χ4n) is 5.40. The zero-order valence-corrected chi connectivity index (χ0v) is 20.2. The lowest BCUT2D eigenvalue weighted by Crippen LogP contribution is -2.02. The highest BCUT2D eigenvalue weighted by Crippen LogP contribution is 2.33. The van der Waals surface area contributed by atoms with E-state index < -0.39 is 0 Å². The first-order valence-electron chi connectivity index (χ1n) is 12.6. The summed E-state index contributed by atoms with van der Waals surface area (Å²) < 4.78 is 0. The summed E-state index contributed by atoms with van der Waals surface area (Å²) >= 11 is 0. The lowest BCUT2D eigenvalue weighted by Gasteiger charge is -2.18. The third-order valence-electron chi connectivity index (χ3n) is 7.26. The van der Waals surface area contributed by atoms with Crippen LogP contribution in [-0.2, 0) is 12.8 Å². The molecule has 0 spiro atoms. The number of rotatable bonds is 1. The van der Waals surface area contributed by atoms with Gasteiger partial charge in [0.2, 0.25) is 0 Å². The van der Waals surface area contributed by atoms with Crippen LogP contribution in [0.15, 0.2) is 109 Å². The molecule has 5 aromatic carbocycles. The molecule has 7 rings (SSSR count). The van der Waals surface area contributed by atoms with Gasteiger partial charge in [0.25, 0.3) is 0 Å². The highest BCUT2D eigenvalue weighted by Gasteiger charge is 2.13. The second kappa shape index (κ2) is 9.35. The third-order valence-corrected chi connectivity index (χ3v) is 7.26. The van der Waals surface area contributed by atoms with Crippen molar-refractivity contribution in [3.05, 3.63) is 126 Å². The van der Waals surface area contributed by atoms with Crippen molar-refractivity contribution in [2.24, 2.45) is 0 Å². The normalized spacial score (nSPS) is 12.8. The van der Waals surface area contributed by atoms with Crippen LogP contribution in [0.4, 0.5) is 0 Å². The topological polar surface area (TPSA) is 12.9 Å². The molecular formula is C34H29N. The summed E-state index contributed by atoms with van der Waals surface area (Å²) in [5.74, 6) is 0. The molecule has 0 aliphatic heterocycles. The minimum atomic E-state index is 1.06. The molecule has 0 saturated heterocycles. The molecule has 1 aromatic heterocycles. The van der Waals surface area contributed by atoms with Crippen molar-refractivity contribution in [2.75, 3.05) is 0 Å². The van der Waals surface area contributed by atoms with Gasteiger partial charge in [-0.1, -0.05) is 103 Å². The molecule has 1 nitrogen and oxygen atoms in total. The number of aromatic nitrogens is 1. The minimum absolute atomic E-state index is 1.06. The van der Waals surface area contributed by atoms with Crippen LogP contribution in [0, 0.1) is 6.92 Å². The molecule has 170 valence electrons. The number of pyridine rings is 1. The number of hydrogen-bond acceptors (Lipinski definition) is 1. The van der Waals surface area contributed by atoms with E-state index in [-0.39, 0.29) is 0 Å². The molecule has 0 amide bonds. The van der Waals surface area contributed by atoms with E-state index in [4.69, 9.17) is 0 Å². The average Bonchev–Trinajstić information content (AvgIpc) is 2.93. The molecule has 0 atom stereocenters. The van der Waals surface area contributed by atoms with Crippen molar-refractivity contribution in [3.8, 4) is 11.3 Å². The minimum Gasteiger partial charge on any atom is -0.256 e. The van der Waals surface area contributed by atoms with Crippen LogP contribution in [0.5, 0.6) is 0 Å². The summed E-state index contributed by atoms with van der Waals surface area (Å²) in [5, 5.41) is 8.08. The van der Waals surface area contributed by atoms with E-state index in [0.717, 1.165) is 5.69 Å². The third kappa shape index (κ3) is 4.19. The van der Waals surface area contributed by atoms with E-state index in [9.17, 15) is 0 Å². The van der Waals surface area contributed by atoms with Crippen LogP contribution in [0.2, 0.25) is 0 Å². The number of aryl methyl sites for hydroxylation is 3. The number of hydrogen-bond donors (Lipinski definition) is 0. The largest absolute Gasteiger partial charge is 0.256 e. The molecule has 0 N–H and O–H groups in total. The quantitative estimate of drug-likeness (QED) is 0.227. The highest BCUT2D eigenvalue weighted by molar-refractivity contribution is 6.08. The van der Waals surface area contributed by atoms with Gasteiger partial charge in [-0.05, 0) is 76.7 Å². The van der Waals surface area contributed by atoms with Gasteiger partial charge in [-0.15, -0.1) is 0 Å². The maximum absolute atomic E-state index is 4.51. The number of benzene rings is 5. The molecule has 35 heavy (non-hydrogen) atoms. The SMILES string of the molecule is Cc1ccc(-c2nccc3ccccc23)cc1.c1ccc2c(c1)ccc1c3c(ccc12)CCCC3. The highest BCUT2D eigenvalue weighted by atomic mass is 14.7. The van der Waals surface area contributed by atoms with Crippen molar-refractivity contribution in [1.82, 2.24) is 4.98 Å². The molecule has 1 aliphatic carbocycles. The summed E-state index contributed by atoms with van der Waals surface area (Å²) in [6, 6.07) is 36.9. The Bertz CT molecular complexity index is 1640. The molecule has 6 aromatic rings. The first-order chi connectivity index (χ1) is 17.3. The molecule has 0 fully saturated rings. The van der Waals surface area contributed by atoms with Gasteiger partial charge in [-0.2, -0.15) is 0 Å². The zero-order valence-electron chi connectivity index (χ0n) is 20.2. The molecule has 0 unspecified atom stereocenters. The van der Waals surface area contributed by atoms with Crippen molar-refractivity contribution in [3.63, 3.8) is 0 Å². The van der Waals surface area contributed by atoms with E-state index in [1.807, 2.05) is 12.3 Å². The molecule has 1 heteroatoms. The van der Waals surface area contributed by atoms with Crippen molar-refractivity contribution in [2.45, 2.75) is 32.6 Å². The van der Waals surface area contributed by atoms with Crippen molar-refractivity contribution < 1.29 is 0 Å². The predicted molar refractivity (Wildman–Crippen MR) is 150 cm³/mol. The molecule has 0 bridgehead atoms. The predicted octanol–water partition coefficient (Wildman–Crippen LogP) is 9.08. The van der Waals surface area contributed by atoms with Crippen molar-refractivity contribution in [1.29, 1.82) is 0 Å². The lowest BCUT2D eigenvalue weighted by atomic mass is 9.86. The van der Waals surface area contributed by atoms with Crippen molar-refractivity contribution >= 4 is 32.3 Å². The van der Waals surface area contributed by atoms with Crippen LogP contribution >= 0.6 is 0 Å². The Balaban J connectivity index is 0.000000131. The van der Waals surface area contributed by atoms with Gasteiger partial charge in [0.15, 0.2) is 0 Å². The van der Waals surface area contributed by atoms with E-state index in [1.165, 1.54) is 69.1 Å². The van der Waals surface area contributed by atoms with E-state index >= 15 is 0 Å². The fraction of sp³-hybridized carbons (Fsp3) is 0.147. The van der Waals surface area contributed by atoms with Crippen LogP contribution in [0.25, 0.3) is 43.6 Å². The molecule has 1 heterocycles. The van der Waals surface area contributed by atoms with Gasteiger partial charge in [0.05, 0.1) is 5.69 Å². The Morgan fingerprint density at radius 2 is 1.23 bits per heavy atom. The van der Waals surface area contributed by atoms with E-state index in [2.05, 4.69) is 109 Å². The average molecular weight is 452 g/mol. The number of fused-ring (bicyclic) bond motifs is 6. The Morgan fingerprint density at radius 1 is 0.543 bits per heavy atom. The van der Waals surface area contributed by atoms with E-state index in [1.54, 1.807) is 11.1 Å². The second-order valence-electron chi connectivity index (χ2n) is 9.54. The number of nitrogens with zero attached hydrogens (tertiary/aromatic N) is 1. The van der Waals surface area contributed by atoms with Crippen LogP contribution in [-0.4, -0.2) is 4.98 Å². The van der Waals surface area contributed by atoms with Crippen LogP contribution in [0.3, 0.4) is 0 Å². The van der Waals surface area contributed by atoms with Gasteiger partial charge in [0.1, 0.15) is 0 Å². The fourth-order valence-corrected chi connectivity index (χ4v) is 5.40. The van der Waals surface area contributed by atoms with Crippen LogP contribution < -0.4 is 0 Å². The van der Waals surface area contributed by atoms with Gasteiger partial charge in [-0.3, -0.25) is 4.98 Å². The first-order valence-corrected chi connectivity index (χ1v) is 12.6. The second-order valence-corrected chi connectivity index (χ2v) is 9.54. The Labute approximate surface area is 207 Å². The van der Waals surface area contributed by atoms with Gasteiger partial charge in [0, 0.05) is 17.1 Å². The van der Waals surface area contributed by atoms with E-state index in [0.29, 0.717) is 0 Å². The Hall–Kier alpha value is -3.97. The summed E-state index contributed by atoms with van der Waals surface area (Å²) in [5.41, 5.74) is 6.68. The summed E-state index contributed by atoms with van der Waals surface area (Å²) in [7, 11) is 0. The van der Waals surface area contributed by atoms with Gasteiger partial charge < -0.3 is 0 Å². The van der Waals surface area contributed by atoms with Crippen LogP contribution in [0.1, 0.15) is 29.5 Å². The summed E-state index contributed by atoms with van der Waals surface area (Å²) in [6.07, 6.45) is 7.09. The standard InChI is InChI=1S/C18H16.C16H13N/c1-3-7-15-13(5-1)9-11-18-16-8-4-2-6-14(16)10-12-17(15)18;1-12-6-8-14(9-7-12)16-15-5-3-2-4-13(15)10-11-17-16/h1,3,5,7,9-12H,2,4,6,8H2;2-11H,1H3. The monoisotopic (exact) mass is 451 g/mol. The summed E-state index contributed by atoms with van der Waals surface area (Å²) in [6.45, 7) is 2.10. The molecule has 0 radical (unpaired) electrons. The summed E-state index contributed by atoms with van der Waals surface area (Å²) in [4.78, 5) is 4.51.